The van der Waals surface area contributed by atoms with E-state index in [1.807, 2.05) is 60.1 Å². The van der Waals surface area contributed by atoms with E-state index in [1.165, 1.54) is 0 Å². The second-order valence-electron chi connectivity index (χ2n) is 4.88. The van der Waals surface area contributed by atoms with Crippen molar-refractivity contribution in [1.82, 2.24) is 9.55 Å². The molecule has 1 aromatic heterocycles. The Morgan fingerprint density at radius 2 is 1.80 bits per heavy atom. The van der Waals surface area contributed by atoms with Crippen molar-refractivity contribution in [1.29, 1.82) is 0 Å². The highest BCUT2D eigenvalue weighted by Gasteiger charge is 2.09. The molecule has 0 radical (unpaired) electrons. The first-order valence-electron chi connectivity index (χ1n) is 6.71. The number of nitrogens with zero attached hydrogens (tertiary/aromatic N) is 2. The first-order valence-corrected chi connectivity index (χ1v) is 6.71. The highest BCUT2D eigenvalue weighted by molar-refractivity contribution is 5.78. The quantitative estimate of drug-likeness (QED) is 0.763. The lowest BCUT2D eigenvalue weighted by atomic mass is 10.1. The predicted molar refractivity (Wildman–Crippen MR) is 82.6 cm³/mol. The number of benzene rings is 2. The average Bonchev–Trinajstić information content (AvgIpc) is 2.83. The van der Waals surface area contributed by atoms with Gasteiger partial charge in [-0.2, -0.15) is 0 Å². The molecule has 0 bridgehead atoms. The molecular formula is C16H18N4. The van der Waals surface area contributed by atoms with Gasteiger partial charge in [-0.15, -0.1) is 0 Å². The number of rotatable bonds is 4. The topological polar surface area (TPSA) is 55.9 Å². The maximum atomic E-state index is 6.19. The van der Waals surface area contributed by atoms with Crippen molar-refractivity contribution in [2.45, 2.75) is 6.04 Å². The van der Waals surface area contributed by atoms with Crippen LogP contribution in [0.5, 0.6) is 0 Å². The maximum absolute atomic E-state index is 6.19. The highest BCUT2D eigenvalue weighted by atomic mass is 15.2. The minimum absolute atomic E-state index is 0.0454. The van der Waals surface area contributed by atoms with Crippen LogP contribution in [0, 0.1) is 0 Å². The molecule has 4 heteroatoms. The number of imidazole rings is 1. The molecule has 1 atom stereocenters. The number of fused-ring (bicyclic) bond motifs is 1. The first-order chi connectivity index (χ1) is 9.75. The SMILES string of the molecule is Cn1c(NCC(N)c2ccccc2)nc2ccccc21. The Bertz CT molecular complexity index is 703. The van der Waals surface area contributed by atoms with Crippen LogP contribution in [0.1, 0.15) is 11.6 Å². The molecule has 0 amide bonds. The molecule has 0 spiro atoms. The second-order valence-corrected chi connectivity index (χ2v) is 4.88. The Morgan fingerprint density at radius 1 is 1.10 bits per heavy atom. The van der Waals surface area contributed by atoms with Gasteiger partial charge in [0.2, 0.25) is 5.95 Å². The molecule has 3 N–H and O–H groups in total. The minimum Gasteiger partial charge on any atom is -0.354 e. The third-order valence-electron chi connectivity index (χ3n) is 3.49. The van der Waals surface area contributed by atoms with Gasteiger partial charge in [0, 0.05) is 19.6 Å². The van der Waals surface area contributed by atoms with Gasteiger partial charge in [0.25, 0.3) is 0 Å². The number of nitrogens with two attached hydrogens (primary N) is 1. The molecule has 4 nitrogen and oxygen atoms in total. The summed E-state index contributed by atoms with van der Waals surface area (Å²) in [6.07, 6.45) is 0. The van der Waals surface area contributed by atoms with Crippen molar-refractivity contribution >= 4 is 17.0 Å². The molecule has 2 aromatic carbocycles. The molecular weight excluding hydrogens is 248 g/mol. The molecule has 1 heterocycles. The summed E-state index contributed by atoms with van der Waals surface area (Å²) in [7, 11) is 2.01. The van der Waals surface area contributed by atoms with E-state index in [4.69, 9.17) is 5.73 Å². The van der Waals surface area contributed by atoms with Crippen LogP contribution in [0.3, 0.4) is 0 Å². The Hall–Kier alpha value is -2.33. The summed E-state index contributed by atoms with van der Waals surface area (Å²) in [4.78, 5) is 4.57. The van der Waals surface area contributed by atoms with Gasteiger partial charge in [-0.05, 0) is 17.7 Å². The smallest absolute Gasteiger partial charge is 0.203 e. The van der Waals surface area contributed by atoms with Gasteiger partial charge in [0.1, 0.15) is 0 Å². The van der Waals surface area contributed by atoms with Gasteiger partial charge in [0.15, 0.2) is 0 Å². The molecule has 0 aliphatic heterocycles. The van der Waals surface area contributed by atoms with Crippen LogP contribution < -0.4 is 11.1 Å². The lowest BCUT2D eigenvalue weighted by Gasteiger charge is -2.13. The van der Waals surface area contributed by atoms with Gasteiger partial charge < -0.3 is 15.6 Å². The number of aryl methyl sites for hydroxylation is 1. The number of aromatic nitrogens is 2. The Morgan fingerprint density at radius 3 is 2.55 bits per heavy atom. The van der Waals surface area contributed by atoms with E-state index in [0.29, 0.717) is 6.54 Å². The summed E-state index contributed by atoms with van der Waals surface area (Å²) in [6, 6.07) is 18.1. The molecule has 0 fully saturated rings. The van der Waals surface area contributed by atoms with Crippen LogP contribution in [0.2, 0.25) is 0 Å². The molecule has 3 aromatic rings. The number of hydrogen-bond acceptors (Lipinski definition) is 3. The van der Waals surface area contributed by atoms with E-state index < -0.39 is 0 Å². The van der Waals surface area contributed by atoms with Crippen molar-refractivity contribution in [3.8, 4) is 0 Å². The molecule has 0 aliphatic rings. The largest absolute Gasteiger partial charge is 0.354 e. The van der Waals surface area contributed by atoms with E-state index in [9.17, 15) is 0 Å². The van der Waals surface area contributed by atoms with Crippen LogP contribution in [-0.2, 0) is 7.05 Å². The second kappa shape index (κ2) is 5.35. The summed E-state index contributed by atoms with van der Waals surface area (Å²) in [5.41, 5.74) is 9.42. The number of para-hydroxylation sites is 2. The van der Waals surface area contributed by atoms with Crippen molar-refractivity contribution in [2.24, 2.45) is 12.8 Å². The summed E-state index contributed by atoms with van der Waals surface area (Å²) < 4.78 is 2.05. The summed E-state index contributed by atoms with van der Waals surface area (Å²) in [5, 5.41) is 3.33. The molecule has 3 rings (SSSR count). The zero-order chi connectivity index (χ0) is 13.9. The van der Waals surface area contributed by atoms with Crippen molar-refractivity contribution in [3.63, 3.8) is 0 Å². The fourth-order valence-corrected chi connectivity index (χ4v) is 2.32. The molecule has 0 saturated carbocycles. The Balaban J connectivity index is 1.76. The number of anilines is 1. The van der Waals surface area contributed by atoms with Crippen molar-refractivity contribution in [2.75, 3.05) is 11.9 Å². The van der Waals surface area contributed by atoms with E-state index in [2.05, 4.69) is 16.4 Å². The predicted octanol–water partition coefficient (Wildman–Crippen LogP) is 2.69. The van der Waals surface area contributed by atoms with Crippen LogP contribution in [0.4, 0.5) is 5.95 Å². The van der Waals surface area contributed by atoms with Crippen LogP contribution >= 0.6 is 0 Å². The van der Waals surface area contributed by atoms with Crippen LogP contribution in [0.25, 0.3) is 11.0 Å². The van der Waals surface area contributed by atoms with Crippen LogP contribution in [0.15, 0.2) is 54.6 Å². The zero-order valence-corrected chi connectivity index (χ0v) is 11.5. The third-order valence-corrected chi connectivity index (χ3v) is 3.49. The molecule has 0 saturated heterocycles. The first kappa shape index (κ1) is 12.7. The normalized spacial score (nSPS) is 12.5. The minimum atomic E-state index is -0.0454. The monoisotopic (exact) mass is 266 g/mol. The Labute approximate surface area is 118 Å². The van der Waals surface area contributed by atoms with Gasteiger partial charge in [-0.3, -0.25) is 0 Å². The van der Waals surface area contributed by atoms with E-state index >= 15 is 0 Å². The van der Waals surface area contributed by atoms with Crippen molar-refractivity contribution in [3.05, 3.63) is 60.2 Å². The molecule has 20 heavy (non-hydrogen) atoms. The third kappa shape index (κ3) is 2.38. The average molecular weight is 266 g/mol. The van der Waals surface area contributed by atoms with Gasteiger partial charge in [0.05, 0.1) is 11.0 Å². The Kier molecular flexibility index (Phi) is 3.39. The van der Waals surface area contributed by atoms with Gasteiger partial charge in [-0.25, -0.2) is 4.98 Å². The molecule has 0 aliphatic carbocycles. The van der Waals surface area contributed by atoms with E-state index in [1.54, 1.807) is 0 Å². The summed E-state index contributed by atoms with van der Waals surface area (Å²) >= 11 is 0. The fourth-order valence-electron chi connectivity index (χ4n) is 2.32. The van der Waals surface area contributed by atoms with E-state index in [-0.39, 0.29) is 6.04 Å². The lowest BCUT2D eigenvalue weighted by Crippen LogP contribution is -2.21. The number of hydrogen-bond donors (Lipinski definition) is 2. The highest BCUT2D eigenvalue weighted by Crippen LogP contribution is 2.18. The zero-order valence-electron chi connectivity index (χ0n) is 11.5. The van der Waals surface area contributed by atoms with Gasteiger partial charge >= 0.3 is 0 Å². The van der Waals surface area contributed by atoms with E-state index in [0.717, 1.165) is 22.5 Å². The maximum Gasteiger partial charge on any atom is 0.203 e. The molecule has 102 valence electrons. The fraction of sp³-hybridized carbons (Fsp3) is 0.188. The molecule has 1 unspecified atom stereocenters. The summed E-state index contributed by atoms with van der Waals surface area (Å²) in [5.74, 6) is 0.845. The van der Waals surface area contributed by atoms with Crippen LogP contribution in [-0.4, -0.2) is 16.1 Å². The van der Waals surface area contributed by atoms with Gasteiger partial charge in [-0.1, -0.05) is 42.5 Å². The lowest BCUT2D eigenvalue weighted by molar-refractivity contribution is 0.752. The standard InChI is InChI=1S/C16H18N4/c1-20-15-10-6-5-9-14(15)19-16(20)18-11-13(17)12-7-3-2-4-8-12/h2-10,13H,11,17H2,1H3,(H,18,19). The number of nitrogens with one attached hydrogen (secondary N) is 1. The van der Waals surface area contributed by atoms with Crippen molar-refractivity contribution < 1.29 is 0 Å². The summed E-state index contributed by atoms with van der Waals surface area (Å²) in [6.45, 7) is 0.654.